The van der Waals surface area contributed by atoms with Crippen molar-refractivity contribution >= 4 is 25.7 Å². The summed E-state index contributed by atoms with van der Waals surface area (Å²) < 4.78 is 39.6. The Kier molecular flexibility index (Phi) is 55.7. The van der Waals surface area contributed by atoms with Gasteiger partial charge in [-0.25, -0.2) is 4.57 Å². The van der Waals surface area contributed by atoms with Gasteiger partial charge in [-0.05, 0) is 109 Å². The number of phosphoric ester groups is 1. The van der Waals surface area contributed by atoms with E-state index < -0.39 is 57.8 Å². The van der Waals surface area contributed by atoms with E-state index in [4.69, 9.17) is 23.3 Å². The van der Waals surface area contributed by atoms with Gasteiger partial charge in [-0.3, -0.25) is 23.4 Å². The first kappa shape index (κ1) is 72.9. The lowest BCUT2D eigenvalue weighted by molar-refractivity contribution is -0.161. The minimum Gasteiger partial charge on any atom is -0.462 e. The molecule has 0 bridgehead atoms. The molecule has 0 saturated heterocycles. The van der Waals surface area contributed by atoms with Crippen molar-refractivity contribution in [2.24, 2.45) is 0 Å². The zero-order valence-corrected chi connectivity index (χ0v) is 49.6. The topological polar surface area (TPSA) is 155 Å². The van der Waals surface area contributed by atoms with Gasteiger partial charge in [-0.2, -0.15) is 0 Å². The number of rotatable bonds is 57. The van der Waals surface area contributed by atoms with Crippen LogP contribution in [0.3, 0.4) is 0 Å². The molecular weight excluding hydrogens is 976 g/mol. The second-order valence-corrected chi connectivity index (χ2v) is 21.9. The summed E-state index contributed by atoms with van der Waals surface area (Å²) in [7, 11) is -4.76. The highest BCUT2D eigenvalue weighted by atomic mass is 31.2. The minimum atomic E-state index is -4.76. The van der Waals surface area contributed by atoms with Gasteiger partial charge in [0.15, 0.2) is 6.10 Å². The predicted molar refractivity (Wildman–Crippen MR) is 316 cm³/mol. The normalized spacial score (nSPS) is 13.8. The molecule has 0 heterocycles. The van der Waals surface area contributed by atoms with Crippen molar-refractivity contribution < 1.29 is 52.2 Å². The molecule has 0 aromatic heterocycles. The van der Waals surface area contributed by atoms with Crippen LogP contribution in [0.4, 0.5) is 0 Å². The molecule has 0 aliphatic heterocycles. The number of esters is 3. The van der Waals surface area contributed by atoms with Crippen LogP contribution in [0.5, 0.6) is 0 Å². The van der Waals surface area contributed by atoms with Crippen molar-refractivity contribution in [3.8, 4) is 0 Å². The van der Waals surface area contributed by atoms with Gasteiger partial charge < -0.3 is 24.2 Å². The minimum absolute atomic E-state index is 0.157. The number of aliphatic hydroxyl groups excluding tert-OH is 1. The van der Waals surface area contributed by atoms with Crippen molar-refractivity contribution in [1.29, 1.82) is 0 Å². The Morgan fingerprint density at radius 3 is 1.11 bits per heavy atom. The molecule has 0 aliphatic rings. The van der Waals surface area contributed by atoms with Gasteiger partial charge in [0.05, 0.1) is 19.8 Å². The summed E-state index contributed by atoms with van der Waals surface area (Å²) in [4.78, 5) is 48.6. The maximum Gasteiger partial charge on any atom is 0.472 e. The van der Waals surface area contributed by atoms with E-state index in [-0.39, 0.29) is 25.9 Å². The van der Waals surface area contributed by atoms with Crippen molar-refractivity contribution in [3.05, 3.63) is 72.9 Å². The smallest absolute Gasteiger partial charge is 0.462 e. The lowest BCUT2D eigenvalue weighted by Gasteiger charge is -2.21. The molecule has 0 aromatic carbocycles. The fourth-order valence-corrected chi connectivity index (χ4v) is 9.18. The van der Waals surface area contributed by atoms with Crippen LogP contribution < -0.4 is 0 Å². The van der Waals surface area contributed by atoms with Crippen LogP contribution >= 0.6 is 7.82 Å². The third-order valence-electron chi connectivity index (χ3n) is 13.1. The Balaban J connectivity index is 4.70. The molecular formula is C64H113O11P. The van der Waals surface area contributed by atoms with Gasteiger partial charge in [0.1, 0.15) is 12.7 Å². The standard InChI is InChI=1S/C64H113O11P/c1-4-7-10-13-16-19-22-25-27-29-30-32-34-37-40-43-46-49-52-55-64(68)75-61(57-71-62(66)53-50-47-44-41-38-35-24-21-18-15-12-9-6-3)59-73-76(69,70)72-58-60(56-65)74-63(67)54-51-48-45-42-39-36-33-31-28-26-23-20-17-14-11-8-5-2/h9,12,17-18,20-21,25-28,35,38,60-61,65H,4-8,10-11,13-16,19,22-24,29-34,36-37,39-59H2,1-3H3,(H,69,70)/b12-9-,20-17-,21-18-,27-25-,28-26-,38-35-. The van der Waals surface area contributed by atoms with E-state index in [1.807, 2.05) is 0 Å². The van der Waals surface area contributed by atoms with Crippen LogP contribution in [0, 0.1) is 0 Å². The Bertz CT molecular complexity index is 1550. The number of allylic oxidation sites excluding steroid dienone is 12. The molecule has 0 amide bonds. The molecule has 12 heteroatoms. The molecule has 3 unspecified atom stereocenters. The lowest BCUT2D eigenvalue weighted by atomic mass is 10.1. The van der Waals surface area contributed by atoms with Crippen molar-refractivity contribution in [2.75, 3.05) is 26.4 Å². The molecule has 0 rings (SSSR count). The van der Waals surface area contributed by atoms with E-state index in [1.54, 1.807) is 0 Å². The highest BCUT2D eigenvalue weighted by Crippen LogP contribution is 2.43. The average molecular weight is 1090 g/mol. The molecule has 76 heavy (non-hydrogen) atoms. The molecule has 3 atom stereocenters. The third kappa shape index (κ3) is 55.7. The second kappa shape index (κ2) is 58.1. The number of carbonyl (C=O) groups is 3. The first-order chi connectivity index (χ1) is 37.2. The van der Waals surface area contributed by atoms with Gasteiger partial charge in [-0.1, -0.05) is 222 Å². The number of aliphatic hydroxyl groups is 1. The Labute approximate surface area is 465 Å². The van der Waals surface area contributed by atoms with Crippen LogP contribution in [-0.2, 0) is 42.2 Å². The largest absolute Gasteiger partial charge is 0.472 e. The van der Waals surface area contributed by atoms with E-state index in [0.717, 1.165) is 96.3 Å². The number of ether oxygens (including phenoxy) is 3. The van der Waals surface area contributed by atoms with E-state index in [9.17, 15) is 28.9 Å². The van der Waals surface area contributed by atoms with Gasteiger partial charge in [0.2, 0.25) is 0 Å². The van der Waals surface area contributed by atoms with Crippen molar-refractivity contribution in [2.45, 2.75) is 290 Å². The molecule has 0 aliphatic carbocycles. The quantitative estimate of drug-likeness (QED) is 0.0197. The maximum absolute atomic E-state index is 12.9. The first-order valence-corrected chi connectivity index (χ1v) is 32.3. The molecule has 0 spiro atoms. The van der Waals surface area contributed by atoms with Gasteiger partial charge >= 0.3 is 25.7 Å². The fraction of sp³-hybridized carbons (Fsp3) is 0.766. The van der Waals surface area contributed by atoms with Crippen LogP contribution in [0.15, 0.2) is 72.9 Å². The lowest BCUT2D eigenvalue weighted by Crippen LogP contribution is -2.30. The van der Waals surface area contributed by atoms with Crippen molar-refractivity contribution in [1.82, 2.24) is 0 Å². The summed E-state index contributed by atoms with van der Waals surface area (Å²) in [6.45, 7) is 4.49. The van der Waals surface area contributed by atoms with Crippen molar-refractivity contribution in [3.63, 3.8) is 0 Å². The first-order valence-electron chi connectivity index (χ1n) is 30.8. The van der Waals surface area contributed by atoms with E-state index in [0.29, 0.717) is 19.3 Å². The van der Waals surface area contributed by atoms with Crippen LogP contribution in [0.1, 0.15) is 278 Å². The Hall–Kier alpha value is -3.08. The molecule has 0 fully saturated rings. The Morgan fingerprint density at radius 1 is 0.382 bits per heavy atom. The summed E-state index contributed by atoms with van der Waals surface area (Å²) in [5.41, 5.74) is 0. The second-order valence-electron chi connectivity index (χ2n) is 20.5. The van der Waals surface area contributed by atoms with Crippen LogP contribution in [-0.4, -0.2) is 66.5 Å². The zero-order chi connectivity index (χ0) is 55.5. The monoisotopic (exact) mass is 1090 g/mol. The van der Waals surface area contributed by atoms with E-state index >= 15 is 0 Å². The third-order valence-corrected chi connectivity index (χ3v) is 14.0. The highest BCUT2D eigenvalue weighted by molar-refractivity contribution is 7.47. The summed E-state index contributed by atoms with van der Waals surface area (Å²) in [6.07, 6.45) is 65.7. The maximum atomic E-state index is 12.9. The van der Waals surface area contributed by atoms with E-state index in [1.165, 1.54) is 122 Å². The van der Waals surface area contributed by atoms with Crippen LogP contribution in [0.25, 0.3) is 0 Å². The van der Waals surface area contributed by atoms with Gasteiger partial charge in [0, 0.05) is 19.3 Å². The SMILES string of the molecule is CC/C=C\C/C=C\C/C=C\CCCCCC(=O)OCC(COP(=O)(O)OCC(CO)OC(=O)CCCCCCCCC/C=C\C/C=C\CCCCC)OC(=O)CCCCCCCCCCC/C=C\CCCCCCCC. The number of phosphoric acid groups is 1. The number of hydrogen-bond donors (Lipinski definition) is 2. The molecule has 11 nitrogen and oxygen atoms in total. The molecule has 0 saturated carbocycles. The number of unbranched alkanes of at least 4 members (excludes halogenated alkanes) is 28. The molecule has 440 valence electrons. The summed E-state index contributed by atoms with van der Waals surface area (Å²) in [5, 5.41) is 9.84. The Morgan fingerprint density at radius 2 is 0.684 bits per heavy atom. The van der Waals surface area contributed by atoms with E-state index in [2.05, 4.69) is 93.7 Å². The summed E-state index contributed by atoms with van der Waals surface area (Å²) >= 11 is 0. The zero-order valence-electron chi connectivity index (χ0n) is 48.7. The number of hydrogen-bond acceptors (Lipinski definition) is 10. The molecule has 0 radical (unpaired) electrons. The molecule has 0 aromatic rings. The van der Waals surface area contributed by atoms with Gasteiger partial charge in [-0.15, -0.1) is 0 Å². The fourth-order valence-electron chi connectivity index (χ4n) is 8.40. The molecule has 2 N–H and O–H groups in total. The highest BCUT2D eigenvalue weighted by Gasteiger charge is 2.28. The summed E-state index contributed by atoms with van der Waals surface area (Å²) in [6, 6.07) is 0. The van der Waals surface area contributed by atoms with Gasteiger partial charge in [0.25, 0.3) is 0 Å². The average Bonchev–Trinajstić information content (AvgIpc) is 3.41. The number of carbonyl (C=O) groups excluding carboxylic acids is 3. The predicted octanol–water partition coefficient (Wildman–Crippen LogP) is 18.5. The van der Waals surface area contributed by atoms with Crippen LogP contribution in [0.2, 0.25) is 0 Å². The summed E-state index contributed by atoms with van der Waals surface area (Å²) in [5.74, 6) is -1.50.